The molecule has 2 aromatic carbocycles. The average Bonchev–Trinajstić information content (AvgIpc) is 3.21. The summed E-state index contributed by atoms with van der Waals surface area (Å²) in [5.74, 6) is 0.0582. The molecule has 160 valence electrons. The van der Waals surface area contributed by atoms with Crippen molar-refractivity contribution < 1.29 is 4.79 Å². The van der Waals surface area contributed by atoms with Crippen molar-refractivity contribution in [1.29, 1.82) is 0 Å². The van der Waals surface area contributed by atoms with Gasteiger partial charge in [0.15, 0.2) is 0 Å². The lowest BCUT2D eigenvalue weighted by molar-refractivity contribution is 0.0687. The highest BCUT2D eigenvalue weighted by molar-refractivity contribution is 6.00. The Labute approximate surface area is 181 Å². The largest absolute Gasteiger partial charge is 0.329 e. The summed E-state index contributed by atoms with van der Waals surface area (Å²) in [6, 6.07) is 13.9. The van der Waals surface area contributed by atoms with E-state index in [1.807, 2.05) is 26.0 Å². The Hall–Kier alpha value is -4.27. The monoisotopic (exact) mass is 428 g/mol. The molecule has 32 heavy (non-hydrogen) atoms. The van der Waals surface area contributed by atoms with Gasteiger partial charge in [-0.05, 0) is 38.1 Å². The van der Waals surface area contributed by atoms with Crippen molar-refractivity contribution in [1.82, 2.24) is 29.5 Å². The molecule has 0 unspecified atom stereocenters. The van der Waals surface area contributed by atoms with E-state index in [-0.39, 0.29) is 35.2 Å². The molecular weight excluding hydrogens is 408 g/mol. The molecule has 0 spiro atoms. The maximum atomic E-state index is 13.5. The summed E-state index contributed by atoms with van der Waals surface area (Å²) in [6.07, 6.45) is 1.45. The number of aromatic amines is 2. The van der Waals surface area contributed by atoms with E-state index in [1.54, 1.807) is 45.8 Å². The van der Waals surface area contributed by atoms with Crippen molar-refractivity contribution in [2.45, 2.75) is 26.4 Å². The molecule has 3 aromatic heterocycles. The summed E-state index contributed by atoms with van der Waals surface area (Å²) in [6.45, 7) is 3.85. The van der Waals surface area contributed by atoms with Crippen LogP contribution in [0.1, 0.15) is 30.0 Å². The predicted octanol–water partition coefficient (Wildman–Crippen LogP) is 2.46. The van der Waals surface area contributed by atoms with E-state index in [1.165, 1.54) is 6.20 Å². The third-order valence-electron chi connectivity index (χ3n) is 5.47. The topological polar surface area (TPSA) is 116 Å². The van der Waals surface area contributed by atoms with Crippen molar-refractivity contribution in [3.05, 3.63) is 86.8 Å². The molecule has 0 atom stereocenters. The number of fused-ring (bicyclic) bond motifs is 4. The fourth-order valence-corrected chi connectivity index (χ4v) is 3.85. The van der Waals surface area contributed by atoms with Crippen LogP contribution in [0.5, 0.6) is 0 Å². The molecule has 0 radical (unpaired) electrons. The van der Waals surface area contributed by atoms with Crippen LogP contribution in [0.2, 0.25) is 0 Å². The Bertz CT molecular complexity index is 1610. The first-order valence-corrected chi connectivity index (χ1v) is 10.2. The molecule has 1 amide bonds. The van der Waals surface area contributed by atoms with Crippen LogP contribution in [-0.4, -0.2) is 41.4 Å². The van der Waals surface area contributed by atoms with Crippen LogP contribution in [0.15, 0.2) is 64.3 Å². The van der Waals surface area contributed by atoms with Gasteiger partial charge in [0.2, 0.25) is 0 Å². The molecule has 5 rings (SSSR count). The van der Waals surface area contributed by atoms with E-state index in [0.717, 1.165) is 0 Å². The summed E-state index contributed by atoms with van der Waals surface area (Å²) in [5.41, 5.74) is 1.22. The second-order valence-corrected chi connectivity index (χ2v) is 7.85. The van der Waals surface area contributed by atoms with Crippen LogP contribution in [0.4, 0.5) is 0 Å². The number of carbonyl (C=O) groups is 1. The average molecular weight is 428 g/mol. The molecule has 0 aliphatic carbocycles. The number of aromatic nitrogens is 5. The van der Waals surface area contributed by atoms with Crippen molar-refractivity contribution in [3.63, 3.8) is 0 Å². The number of benzene rings is 2. The summed E-state index contributed by atoms with van der Waals surface area (Å²) in [7, 11) is 0. The van der Waals surface area contributed by atoms with Crippen molar-refractivity contribution >= 4 is 33.4 Å². The van der Waals surface area contributed by atoms with Gasteiger partial charge >= 0.3 is 0 Å². The van der Waals surface area contributed by atoms with E-state index in [9.17, 15) is 14.4 Å². The van der Waals surface area contributed by atoms with Gasteiger partial charge in [-0.1, -0.05) is 24.3 Å². The lowest BCUT2D eigenvalue weighted by Crippen LogP contribution is -2.37. The number of hydrogen-bond donors (Lipinski definition) is 2. The first kappa shape index (κ1) is 19.7. The maximum Gasteiger partial charge on any atom is 0.259 e. The van der Waals surface area contributed by atoms with Crippen molar-refractivity contribution in [2.24, 2.45) is 0 Å². The molecule has 5 aromatic rings. The van der Waals surface area contributed by atoms with Crippen LogP contribution in [-0.2, 0) is 6.54 Å². The highest BCUT2D eigenvalue weighted by atomic mass is 16.2. The summed E-state index contributed by atoms with van der Waals surface area (Å²) in [5, 5.41) is 5.32. The zero-order valence-corrected chi connectivity index (χ0v) is 17.5. The Morgan fingerprint density at radius 2 is 1.69 bits per heavy atom. The van der Waals surface area contributed by atoms with Crippen LogP contribution in [0, 0.1) is 0 Å². The van der Waals surface area contributed by atoms with Crippen molar-refractivity contribution in [3.8, 4) is 0 Å². The lowest BCUT2D eigenvalue weighted by Gasteiger charge is -2.26. The van der Waals surface area contributed by atoms with Gasteiger partial charge in [0.25, 0.3) is 17.0 Å². The van der Waals surface area contributed by atoms with Gasteiger partial charge in [0.05, 0.1) is 34.5 Å². The number of carbonyl (C=O) groups excluding carboxylic acids is 1. The zero-order valence-electron chi connectivity index (χ0n) is 17.5. The quantitative estimate of drug-likeness (QED) is 0.456. The second kappa shape index (κ2) is 7.45. The smallest absolute Gasteiger partial charge is 0.259 e. The summed E-state index contributed by atoms with van der Waals surface area (Å²) in [4.78, 5) is 50.1. The third kappa shape index (κ3) is 3.15. The summed E-state index contributed by atoms with van der Waals surface area (Å²) < 4.78 is 1.55. The minimum absolute atomic E-state index is 0.103. The Morgan fingerprint density at radius 3 is 2.47 bits per heavy atom. The third-order valence-corrected chi connectivity index (χ3v) is 5.47. The number of para-hydroxylation sites is 2. The molecule has 0 fully saturated rings. The van der Waals surface area contributed by atoms with Gasteiger partial charge in [-0.15, -0.1) is 0 Å². The fourth-order valence-electron chi connectivity index (χ4n) is 3.85. The Balaban J connectivity index is 1.58. The normalized spacial score (nSPS) is 11.6. The predicted molar refractivity (Wildman–Crippen MR) is 121 cm³/mol. The minimum atomic E-state index is -0.322. The Morgan fingerprint density at radius 1 is 1.00 bits per heavy atom. The molecule has 3 heterocycles. The van der Waals surface area contributed by atoms with Crippen LogP contribution in [0.25, 0.3) is 27.5 Å². The summed E-state index contributed by atoms with van der Waals surface area (Å²) >= 11 is 0. The van der Waals surface area contributed by atoms with Crippen LogP contribution in [0.3, 0.4) is 0 Å². The van der Waals surface area contributed by atoms with Gasteiger partial charge in [0, 0.05) is 6.04 Å². The van der Waals surface area contributed by atoms with Gasteiger partial charge < -0.3 is 14.9 Å². The van der Waals surface area contributed by atoms with Gasteiger partial charge in [-0.2, -0.15) is 5.10 Å². The van der Waals surface area contributed by atoms with E-state index in [4.69, 9.17) is 0 Å². The van der Waals surface area contributed by atoms with E-state index < -0.39 is 0 Å². The zero-order chi connectivity index (χ0) is 22.4. The lowest BCUT2D eigenvalue weighted by atomic mass is 10.2. The minimum Gasteiger partial charge on any atom is -0.329 e. The highest BCUT2D eigenvalue weighted by Gasteiger charge is 2.25. The fraction of sp³-hybridized carbons (Fsp3) is 0.174. The number of hydrogen-bond acceptors (Lipinski definition) is 5. The Kier molecular flexibility index (Phi) is 4.58. The molecule has 0 saturated carbocycles. The standard InChI is InChI=1S/C23H20N6O3/c1-13(2)28(12-19-25-17-9-5-3-7-14(17)21(30)26-19)23(32)16-11-24-29-18-10-6-4-8-15(18)22(31)27-20(16)29/h3-11,13H,12H2,1-2H3,(H,27,31)(H,25,26,30). The number of amides is 1. The van der Waals surface area contributed by atoms with Crippen molar-refractivity contribution in [2.75, 3.05) is 0 Å². The van der Waals surface area contributed by atoms with Crippen LogP contribution >= 0.6 is 0 Å². The number of H-pyrrole nitrogens is 2. The molecule has 2 N–H and O–H groups in total. The molecule has 0 aliphatic heterocycles. The molecule has 9 heteroatoms. The van der Waals surface area contributed by atoms with Gasteiger partial charge in [0.1, 0.15) is 17.0 Å². The van der Waals surface area contributed by atoms with E-state index >= 15 is 0 Å². The van der Waals surface area contributed by atoms with Crippen LogP contribution < -0.4 is 11.1 Å². The van der Waals surface area contributed by atoms with Gasteiger partial charge in [-0.3, -0.25) is 14.4 Å². The molecular formula is C23H20N6O3. The first-order chi connectivity index (χ1) is 15.4. The first-order valence-electron chi connectivity index (χ1n) is 10.2. The second-order valence-electron chi connectivity index (χ2n) is 7.85. The number of rotatable bonds is 4. The van der Waals surface area contributed by atoms with E-state index in [2.05, 4.69) is 20.1 Å². The number of nitrogens with one attached hydrogen (secondary N) is 2. The highest BCUT2D eigenvalue weighted by Crippen LogP contribution is 2.18. The van der Waals surface area contributed by atoms with E-state index in [0.29, 0.717) is 33.3 Å². The molecule has 0 aliphatic rings. The molecule has 0 saturated heterocycles. The van der Waals surface area contributed by atoms with Gasteiger partial charge in [-0.25, -0.2) is 9.50 Å². The SMILES string of the molecule is CC(C)N(Cc1nc2ccccc2c(=O)[nH]1)C(=O)c1cnn2c1[nH]c(=O)c1ccccc12. The maximum absolute atomic E-state index is 13.5. The molecule has 0 bridgehead atoms. The number of nitrogens with zero attached hydrogens (tertiary/aromatic N) is 4. The molecule has 9 nitrogen and oxygen atoms in total.